The third kappa shape index (κ3) is 3.07. The van der Waals surface area contributed by atoms with Crippen LogP contribution in [0.3, 0.4) is 0 Å². The van der Waals surface area contributed by atoms with E-state index in [1.165, 1.54) is 0 Å². The molecule has 2 unspecified atom stereocenters. The molecule has 1 saturated heterocycles. The second-order valence-corrected chi connectivity index (χ2v) is 5.21. The van der Waals surface area contributed by atoms with Crippen LogP contribution in [-0.2, 0) is 4.79 Å². The predicted octanol–water partition coefficient (Wildman–Crippen LogP) is 2.03. The van der Waals surface area contributed by atoms with Crippen molar-refractivity contribution in [2.24, 2.45) is 5.92 Å². The van der Waals surface area contributed by atoms with Crippen LogP contribution in [0, 0.1) is 19.8 Å². The number of aromatic nitrogens is 1. The van der Waals surface area contributed by atoms with Crippen LogP contribution in [0.1, 0.15) is 31.2 Å². The van der Waals surface area contributed by atoms with Crippen molar-refractivity contribution < 1.29 is 4.79 Å². The quantitative estimate of drug-likeness (QED) is 0.840. The molecule has 0 aliphatic carbocycles. The molecule has 1 aliphatic rings. The molecule has 1 fully saturated rings. The van der Waals surface area contributed by atoms with Crippen LogP contribution in [0.25, 0.3) is 0 Å². The average Bonchev–Trinajstić information content (AvgIpc) is 2.32. The van der Waals surface area contributed by atoms with Gasteiger partial charge < -0.3 is 10.6 Å². The van der Waals surface area contributed by atoms with E-state index in [0.717, 1.165) is 36.5 Å². The number of hydrogen-bond acceptors (Lipinski definition) is 3. The van der Waals surface area contributed by atoms with Crippen molar-refractivity contribution in [2.45, 2.75) is 39.7 Å². The fraction of sp³-hybridized carbons (Fsp3) is 0.571. The second-order valence-electron chi connectivity index (χ2n) is 5.21. The first-order chi connectivity index (χ1) is 8.56. The van der Waals surface area contributed by atoms with Gasteiger partial charge in [0.15, 0.2) is 0 Å². The van der Waals surface area contributed by atoms with Crippen LogP contribution in [0.15, 0.2) is 12.1 Å². The lowest BCUT2D eigenvalue weighted by molar-refractivity contribution is -0.119. The van der Waals surface area contributed by atoms with Crippen LogP contribution >= 0.6 is 0 Å². The second kappa shape index (κ2) is 5.48. The first-order valence-corrected chi connectivity index (χ1v) is 6.55. The molecule has 98 valence electrons. The lowest BCUT2D eigenvalue weighted by atomic mass is 9.94. The topological polar surface area (TPSA) is 54.0 Å². The summed E-state index contributed by atoms with van der Waals surface area (Å²) in [6.45, 7) is 6.98. The van der Waals surface area contributed by atoms with Crippen molar-refractivity contribution in [3.8, 4) is 0 Å². The van der Waals surface area contributed by atoms with Gasteiger partial charge in [-0.05, 0) is 51.3 Å². The highest BCUT2D eigenvalue weighted by molar-refractivity contribution is 5.95. The summed E-state index contributed by atoms with van der Waals surface area (Å²) in [5.41, 5.74) is 2.65. The van der Waals surface area contributed by atoms with Gasteiger partial charge in [-0.1, -0.05) is 6.92 Å². The van der Waals surface area contributed by atoms with Gasteiger partial charge in [-0.2, -0.15) is 0 Å². The van der Waals surface area contributed by atoms with Crippen molar-refractivity contribution >= 4 is 11.6 Å². The molecule has 0 bridgehead atoms. The zero-order chi connectivity index (χ0) is 13.1. The minimum Gasteiger partial charge on any atom is -0.323 e. The van der Waals surface area contributed by atoms with Crippen molar-refractivity contribution in [1.29, 1.82) is 0 Å². The molecule has 2 rings (SSSR count). The highest BCUT2D eigenvalue weighted by Crippen LogP contribution is 2.18. The van der Waals surface area contributed by atoms with Gasteiger partial charge in [0.1, 0.15) is 0 Å². The van der Waals surface area contributed by atoms with E-state index in [4.69, 9.17) is 0 Å². The SMILES string of the molecule is Cc1ccc(NC(=O)C2CC(C)CCN2)c(C)n1. The summed E-state index contributed by atoms with van der Waals surface area (Å²) in [5, 5.41) is 6.23. The Labute approximate surface area is 108 Å². The van der Waals surface area contributed by atoms with Crippen molar-refractivity contribution in [1.82, 2.24) is 10.3 Å². The molecule has 2 N–H and O–H groups in total. The minimum atomic E-state index is -0.0746. The molecule has 0 radical (unpaired) electrons. The van der Waals surface area contributed by atoms with Gasteiger partial charge >= 0.3 is 0 Å². The van der Waals surface area contributed by atoms with E-state index in [0.29, 0.717) is 5.92 Å². The lowest BCUT2D eigenvalue weighted by Gasteiger charge is -2.27. The summed E-state index contributed by atoms with van der Waals surface area (Å²) >= 11 is 0. The molecular weight excluding hydrogens is 226 g/mol. The van der Waals surface area contributed by atoms with Gasteiger partial charge in [0, 0.05) is 5.69 Å². The highest BCUT2D eigenvalue weighted by Gasteiger charge is 2.24. The predicted molar refractivity (Wildman–Crippen MR) is 72.5 cm³/mol. The first kappa shape index (κ1) is 13.0. The Morgan fingerprint density at radius 2 is 2.22 bits per heavy atom. The lowest BCUT2D eigenvalue weighted by Crippen LogP contribution is -2.45. The van der Waals surface area contributed by atoms with Crippen LogP contribution < -0.4 is 10.6 Å². The molecule has 4 heteroatoms. The third-order valence-corrected chi connectivity index (χ3v) is 3.47. The number of aryl methyl sites for hydroxylation is 2. The molecule has 1 amide bonds. The number of anilines is 1. The van der Waals surface area contributed by atoms with Gasteiger partial charge in [0.05, 0.1) is 17.4 Å². The van der Waals surface area contributed by atoms with Crippen LogP contribution in [-0.4, -0.2) is 23.5 Å². The molecule has 1 aromatic rings. The largest absolute Gasteiger partial charge is 0.323 e. The molecule has 4 nitrogen and oxygen atoms in total. The fourth-order valence-corrected chi connectivity index (χ4v) is 2.35. The van der Waals surface area contributed by atoms with E-state index in [2.05, 4.69) is 22.5 Å². The monoisotopic (exact) mass is 247 g/mol. The summed E-state index contributed by atoms with van der Waals surface area (Å²) < 4.78 is 0. The number of piperidine rings is 1. The number of carbonyl (C=O) groups is 1. The smallest absolute Gasteiger partial charge is 0.241 e. The van der Waals surface area contributed by atoms with Gasteiger partial charge in [-0.25, -0.2) is 0 Å². The van der Waals surface area contributed by atoms with E-state index in [1.54, 1.807) is 0 Å². The summed E-state index contributed by atoms with van der Waals surface area (Å²) in [4.78, 5) is 16.5. The van der Waals surface area contributed by atoms with E-state index in [-0.39, 0.29) is 11.9 Å². The highest BCUT2D eigenvalue weighted by atomic mass is 16.2. The van der Waals surface area contributed by atoms with E-state index >= 15 is 0 Å². The number of nitrogens with zero attached hydrogens (tertiary/aromatic N) is 1. The Kier molecular flexibility index (Phi) is 3.97. The van der Waals surface area contributed by atoms with Gasteiger partial charge in [0.2, 0.25) is 5.91 Å². The number of nitrogens with one attached hydrogen (secondary N) is 2. The summed E-state index contributed by atoms with van der Waals surface area (Å²) in [6.07, 6.45) is 2.05. The Balaban J connectivity index is 2.02. The zero-order valence-corrected chi connectivity index (χ0v) is 11.3. The van der Waals surface area contributed by atoms with E-state index in [9.17, 15) is 4.79 Å². The minimum absolute atomic E-state index is 0.0512. The molecule has 0 saturated carbocycles. The Bertz CT molecular complexity index is 445. The number of rotatable bonds is 2. The summed E-state index contributed by atoms with van der Waals surface area (Å²) in [5.74, 6) is 0.662. The number of pyridine rings is 1. The molecule has 1 aromatic heterocycles. The number of amides is 1. The Morgan fingerprint density at radius 1 is 1.44 bits per heavy atom. The average molecular weight is 247 g/mol. The molecule has 18 heavy (non-hydrogen) atoms. The summed E-state index contributed by atoms with van der Waals surface area (Å²) in [7, 11) is 0. The Morgan fingerprint density at radius 3 is 2.89 bits per heavy atom. The fourth-order valence-electron chi connectivity index (χ4n) is 2.35. The number of hydrogen-bond donors (Lipinski definition) is 2. The maximum atomic E-state index is 12.1. The van der Waals surface area contributed by atoms with Crippen LogP contribution in [0.4, 0.5) is 5.69 Å². The molecule has 0 spiro atoms. The van der Waals surface area contributed by atoms with Crippen molar-refractivity contribution in [2.75, 3.05) is 11.9 Å². The zero-order valence-electron chi connectivity index (χ0n) is 11.3. The third-order valence-electron chi connectivity index (χ3n) is 3.47. The summed E-state index contributed by atoms with van der Waals surface area (Å²) in [6, 6.07) is 3.76. The standard InChI is InChI=1S/C14H21N3O/c1-9-6-7-15-13(8-9)14(18)17-12-5-4-10(2)16-11(12)3/h4-5,9,13,15H,6-8H2,1-3H3,(H,17,18). The molecule has 2 heterocycles. The van der Waals surface area contributed by atoms with Crippen LogP contribution in [0.2, 0.25) is 0 Å². The Hall–Kier alpha value is -1.42. The van der Waals surface area contributed by atoms with E-state index in [1.807, 2.05) is 26.0 Å². The molecular formula is C14H21N3O. The molecule has 2 atom stereocenters. The van der Waals surface area contributed by atoms with E-state index < -0.39 is 0 Å². The molecule has 0 aromatic carbocycles. The number of carbonyl (C=O) groups excluding carboxylic acids is 1. The maximum absolute atomic E-state index is 12.1. The van der Waals surface area contributed by atoms with Gasteiger partial charge in [-0.3, -0.25) is 9.78 Å². The van der Waals surface area contributed by atoms with Crippen molar-refractivity contribution in [3.05, 3.63) is 23.5 Å². The van der Waals surface area contributed by atoms with Gasteiger partial charge in [-0.15, -0.1) is 0 Å². The normalized spacial score (nSPS) is 23.7. The van der Waals surface area contributed by atoms with Crippen LogP contribution in [0.5, 0.6) is 0 Å². The molecule has 1 aliphatic heterocycles. The maximum Gasteiger partial charge on any atom is 0.241 e. The van der Waals surface area contributed by atoms with Gasteiger partial charge in [0.25, 0.3) is 0 Å². The first-order valence-electron chi connectivity index (χ1n) is 6.55. The van der Waals surface area contributed by atoms with Crippen molar-refractivity contribution in [3.63, 3.8) is 0 Å².